The van der Waals surface area contributed by atoms with E-state index in [1.807, 2.05) is 0 Å². The van der Waals surface area contributed by atoms with Gasteiger partial charge in [-0.15, -0.1) is 0 Å². The molecule has 180 valence electrons. The van der Waals surface area contributed by atoms with Gasteiger partial charge in [0, 0.05) is 24.4 Å². The lowest BCUT2D eigenvalue weighted by Crippen LogP contribution is -2.55. The Hall–Kier alpha value is -2.55. The molecule has 0 radical (unpaired) electrons. The van der Waals surface area contributed by atoms with Gasteiger partial charge in [-0.3, -0.25) is 0 Å². The van der Waals surface area contributed by atoms with Crippen LogP contribution in [0.15, 0.2) is 36.4 Å². The van der Waals surface area contributed by atoms with Crippen molar-refractivity contribution in [2.75, 3.05) is 12.8 Å². The van der Waals surface area contributed by atoms with Gasteiger partial charge in [-0.05, 0) is 63.3 Å². The second kappa shape index (κ2) is 9.37. The van der Waals surface area contributed by atoms with Crippen molar-refractivity contribution in [3.8, 4) is 11.1 Å². The maximum atomic E-state index is 15.5. The minimum Gasteiger partial charge on any atom is -0.444 e. The Morgan fingerprint density at radius 2 is 1.76 bits per heavy atom. The Morgan fingerprint density at radius 1 is 1.12 bits per heavy atom. The smallest absolute Gasteiger partial charge is 0.410 e. The van der Waals surface area contributed by atoms with Crippen LogP contribution in [0.1, 0.15) is 39.2 Å². The van der Waals surface area contributed by atoms with Gasteiger partial charge in [0.15, 0.2) is 9.84 Å². The van der Waals surface area contributed by atoms with Gasteiger partial charge in [-0.1, -0.05) is 18.2 Å². The molecule has 3 rings (SSSR count). The van der Waals surface area contributed by atoms with Gasteiger partial charge in [0.25, 0.3) is 0 Å². The Labute approximate surface area is 192 Å². The van der Waals surface area contributed by atoms with Crippen molar-refractivity contribution in [2.45, 2.75) is 56.9 Å². The maximum Gasteiger partial charge on any atom is 0.410 e. The highest BCUT2D eigenvalue weighted by Gasteiger charge is 2.41. The third kappa shape index (κ3) is 6.07. The summed E-state index contributed by atoms with van der Waals surface area (Å²) >= 11 is 0. The summed E-state index contributed by atoms with van der Waals surface area (Å²) in [5, 5.41) is -0.895. The fourth-order valence-electron chi connectivity index (χ4n) is 4.21. The van der Waals surface area contributed by atoms with Crippen LogP contribution in [0.4, 0.5) is 18.0 Å². The number of halogens is 3. The number of ether oxygens (including phenoxy) is 1. The summed E-state index contributed by atoms with van der Waals surface area (Å²) in [6.07, 6.45) is 1.15. The lowest BCUT2D eigenvalue weighted by atomic mass is 9.93. The van der Waals surface area contributed by atoms with Gasteiger partial charge in [-0.2, -0.15) is 0 Å². The van der Waals surface area contributed by atoms with Crippen LogP contribution in [-0.4, -0.2) is 49.1 Å². The maximum absolute atomic E-state index is 15.5. The minimum absolute atomic E-state index is 0.0126. The molecule has 2 aromatic carbocycles. The van der Waals surface area contributed by atoms with Crippen LogP contribution in [0.2, 0.25) is 0 Å². The van der Waals surface area contributed by atoms with Gasteiger partial charge >= 0.3 is 6.09 Å². The van der Waals surface area contributed by atoms with Gasteiger partial charge in [0.05, 0.1) is 11.3 Å². The van der Waals surface area contributed by atoms with E-state index < -0.39 is 50.3 Å². The molecule has 0 unspecified atom stereocenters. The second-order valence-electron chi connectivity index (χ2n) is 9.39. The van der Waals surface area contributed by atoms with Crippen molar-refractivity contribution in [3.63, 3.8) is 0 Å². The third-order valence-corrected chi connectivity index (χ3v) is 7.23. The topological polar surface area (TPSA) is 63.7 Å². The van der Waals surface area contributed by atoms with Crippen LogP contribution >= 0.6 is 0 Å². The molecule has 1 heterocycles. The molecular weight excluding hydrogens is 455 g/mol. The van der Waals surface area contributed by atoms with Gasteiger partial charge < -0.3 is 9.64 Å². The number of amides is 1. The van der Waals surface area contributed by atoms with E-state index in [-0.39, 0.29) is 29.7 Å². The number of hydrogen-bond donors (Lipinski definition) is 0. The summed E-state index contributed by atoms with van der Waals surface area (Å²) in [5.41, 5.74) is -0.626. The van der Waals surface area contributed by atoms with E-state index in [2.05, 4.69) is 0 Å². The third-order valence-electron chi connectivity index (χ3n) is 5.58. The van der Waals surface area contributed by atoms with Crippen LogP contribution in [-0.2, 0) is 21.0 Å². The number of nitrogens with zero attached hydrogens (tertiary/aromatic N) is 1. The van der Waals surface area contributed by atoms with Crippen molar-refractivity contribution in [1.82, 2.24) is 4.90 Å². The molecule has 33 heavy (non-hydrogen) atoms. The molecule has 1 aliphatic heterocycles. The zero-order chi connectivity index (χ0) is 24.6. The molecule has 0 aromatic heterocycles. The van der Waals surface area contributed by atoms with E-state index in [1.54, 1.807) is 20.8 Å². The van der Waals surface area contributed by atoms with Gasteiger partial charge in [-0.25, -0.2) is 26.4 Å². The zero-order valence-corrected chi connectivity index (χ0v) is 19.9. The molecule has 0 aliphatic carbocycles. The summed E-state index contributed by atoms with van der Waals surface area (Å²) in [5.74, 6) is -2.39. The van der Waals surface area contributed by atoms with Gasteiger partial charge in [0.2, 0.25) is 0 Å². The van der Waals surface area contributed by atoms with E-state index in [0.29, 0.717) is 18.9 Å². The monoisotopic (exact) mass is 483 g/mol. The number of hydrogen-bond acceptors (Lipinski definition) is 4. The largest absolute Gasteiger partial charge is 0.444 e. The molecule has 1 fully saturated rings. The van der Waals surface area contributed by atoms with E-state index >= 15 is 4.39 Å². The number of benzene rings is 2. The lowest BCUT2D eigenvalue weighted by molar-refractivity contribution is 0.0105. The Kier molecular flexibility index (Phi) is 7.12. The van der Waals surface area contributed by atoms with Crippen molar-refractivity contribution in [3.05, 3.63) is 59.4 Å². The van der Waals surface area contributed by atoms with Crippen LogP contribution < -0.4 is 0 Å². The first kappa shape index (κ1) is 25.1. The molecule has 1 saturated heterocycles. The van der Waals surface area contributed by atoms with Crippen molar-refractivity contribution in [2.24, 2.45) is 0 Å². The molecule has 9 heteroatoms. The Bertz CT molecular complexity index is 1120. The highest BCUT2D eigenvalue weighted by atomic mass is 32.2. The molecule has 1 aliphatic rings. The van der Waals surface area contributed by atoms with E-state index in [9.17, 15) is 22.0 Å². The number of likely N-dealkylation sites (tertiary alicyclic amines) is 1. The summed E-state index contributed by atoms with van der Waals surface area (Å²) in [7, 11) is -3.56. The first-order valence-corrected chi connectivity index (χ1v) is 12.6. The number of carbonyl (C=O) groups is 1. The normalized spacial score (nSPS) is 19.4. The second-order valence-corrected chi connectivity index (χ2v) is 11.7. The average molecular weight is 484 g/mol. The molecule has 0 N–H and O–H groups in total. The number of carbonyl (C=O) groups excluding carboxylic acids is 1. The summed E-state index contributed by atoms with van der Waals surface area (Å²) in [4.78, 5) is 14.2. The first-order chi connectivity index (χ1) is 15.3. The fraction of sp³-hybridized carbons (Fsp3) is 0.458. The standard InChI is InChI=1S/C24H28F3NO4S/c1-24(2,3)32-23(29)28-10-6-9-21(33(4,30)31)20(28)13-15-7-5-8-19(22(15)27)16-11-17(25)14-18(26)12-16/h5,7-8,11-12,14,20-21H,6,9-10,13H2,1-4H3/t20-,21-/m0/s1. The van der Waals surface area contributed by atoms with E-state index in [0.717, 1.165) is 18.4 Å². The fourth-order valence-corrected chi connectivity index (χ4v) is 5.61. The quantitative estimate of drug-likeness (QED) is 0.605. The number of rotatable bonds is 4. The predicted molar refractivity (Wildman–Crippen MR) is 120 cm³/mol. The first-order valence-electron chi connectivity index (χ1n) is 10.7. The summed E-state index contributed by atoms with van der Waals surface area (Å²) in [6, 6.07) is 6.31. The molecule has 1 amide bonds. The summed E-state index contributed by atoms with van der Waals surface area (Å²) < 4.78 is 73.4. The lowest BCUT2D eigenvalue weighted by Gasteiger charge is -2.41. The molecule has 2 atom stereocenters. The number of sulfone groups is 1. The van der Waals surface area contributed by atoms with Crippen molar-refractivity contribution < 1.29 is 31.1 Å². The highest BCUT2D eigenvalue weighted by Crippen LogP contribution is 2.31. The average Bonchev–Trinajstić information content (AvgIpc) is 2.66. The predicted octanol–water partition coefficient (Wildman–Crippen LogP) is 5.13. The number of piperidine rings is 1. The SMILES string of the molecule is CC(C)(C)OC(=O)N1CCC[C@H](S(C)(=O)=O)[C@@H]1Cc1cccc(-c2cc(F)cc(F)c2)c1F. The van der Waals surface area contributed by atoms with E-state index in [4.69, 9.17) is 4.74 Å². The highest BCUT2D eigenvalue weighted by molar-refractivity contribution is 7.91. The van der Waals surface area contributed by atoms with Crippen LogP contribution in [0, 0.1) is 17.5 Å². The zero-order valence-electron chi connectivity index (χ0n) is 19.1. The molecule has 0 bridgehead atoms. The summed E-state index contributed by atoms with van der Waals surface area (Å²) in [6.45, 7) is 5.40. The molecular formula is C24H28F3NO4S. The molecule has 2 aromatic rings. The van der Waals surface area contributed by atoms with Crippen LogP contribution in [0.3, 0.4) is 0 Å². The molecule has 0 saturated carbocycles. The van der Waals surface area contributed by atoms with Crippen LogP contribution in [0.25, 0.3) is 11.1 Å². The Balaban J connectivity index is 2.02. The Morgan fingerprint density at radius 3 is 2.33 bits per heavy atom. The molecule has 5 nitrogen and oxygen atoms in total. The van der Waals surface area contributed by atoms with Crippen molar-refractivity contribution >= 4 is 15.9 Å². The molecule has 0 spiro atoms. The van der Waals surface area contributed by atoms with Crippen LogP contribution in [0.5, 0.6) is 0 Å². The van der Waals surface area contributed by atoms with Crippen molar-refractivity contribution in [1.29, 1.82) is 0 Å². The minimum atomic E-state index is -3.56. The van der Waals surface area contributed by atoms with E-state index in [1.165, 1.54) is 23.1 Å². The van der Waals surface area contributed by atoms with Gasteiger partial charge in [0.1, 0.15) is 23.1 Å².